The maximum atomic E-state index is 5.84. The SMILES string of the molecule is Clc1ccc(OCc2nnc(SCc3ncc(-c4ccccc4)o3)o2)cc1. The van der Waals surface area contributed by atoms with Crippen molar-refractivity contribution in [2.75, 3.05) is 0 Å². The molecule has 0 aliphatic heterocycles. The molecular formula is C19H14ClN3O3S. The van der Waals surface area contributed by atoms with Gasteiger partial charge in [-0.3, -0.25) is 0 Å². The smallest absolute Gasteiger partial charge is 0.277 e. The van der Waals surface area contributed by atoms with E-state index in [4.69, 9.17) is 25.2 Å². The monoisotopic (exact) mass is 399 g/mol. The summed E-state index contributed by atoms with van der Waals surface area (Å²) in [6.07, 6.45) is 1.71. The number of hydrogen-bond donors (Lipinski definition) is 0. The fourth-order valence-corrected chi connectivity index (χ4v) is 3.03. The van der Waals surface area contributed by atoms with Crippen LogP contribution in [0, 0.1) is 0 Å². The van der Waals surface area contributed by atoms with Crippen LogP contribution in [0.5, 0.6) is 5.75 Å². The fraction of sp³-hybridized carbons (Fsp3) is 0.105. The van der Waals surface area contributed by atoms with Crippen LogP contribution in [0.2, 0.25) is 5.02 Å². The molecule has 0 saturated carbocycles. The van der Waals surface area contributed by atoms with Gasteiger partial charge in [0.2, 0.25) is 5.89 Å². The van der Waals surface area contributed by atoms with Crippen molar-refractivity contribution in [1.29, 1.82) is 0 Å². The first-order valence-corrected chi connectivity index (χ1v) is 9.46. The van der Waals surface area contributed by atoms with Crippen molar-refractivity contribution in [3.8, 4) is 17.1 Å². The van der Waals surface area contributed by atoms with Gasteiger partial charge < -0.3 is 13.6 Å². The molecule has 0 N–H and O–H groups in total. The summed E-state index contributed by atoms with van der Waals surface area (Å²) in [4.78, 5) is 4.28. The van der Waals surface area contributed by atoms with E-state index in [0.29, 0.717) is 33.5 Å². The number of benzene rings is 2. The zero-order chi connectivity index (χ0) is 18.5. The molecule has 27 heavy (non-hydrogen) atoms. The zero-order valence-corrected chi connectivity index (χ0v) is 15.6. The second-order valence-electron chi connectivity index (χ2n) is 5.48. The molecule has 2 aromatic heterocycles. The normalized spacial score (nSPS) is 10.9. The van der Waals surface area contributed by atoms with Gasteiger partial charge in [0.05, 0.1) is 11.9 Å². The lowest BCUT2D eigenvalue weighted by molar-refractivity contribution is 0.252. The lowest BCUT2D eigenvalue weighted by Gasteiger charge is -2.02. The highest BCUT2D eigenvalue weighted by Crippen LogP contribution is 2.25. The van der Waals surface area contributed by atoms with Gasteiger partial charge in [0.15, 0.2) is 12.4 Å². The molecule has 136 valence electrons. The molecule has 6 nitrogen and oxygen atoms in total. The molecule has 0 radical (unpaired) electrons. The second kappa shape index (κ2) is 8.28. The molecule has 0 unspecified atom stereocenters. The number of nitrogens with zero attached hydrogens (tertiary/aromatic N) is 3. The maximum absolute atomic E-state index is 5.84. The van der Waals surface area contributed by atoms with Crippen molar-refractivity contribution >= 4 is 23.4 Å². The maximum Gasteiger partial charge on any atom is 0.277 e. The summed E-state index contributed by atoms with van der Waals surface area (Å²) in [5.41, 5.74) is 0.987. The second-order valence-corrected chi connectivity index (χ2v) is 6.84. The minimum Gasteiger partial charge on any atom is -0.484 e. The third-order valence-electron chi connectivity index (χ3n) is 3.56. The topological polar surface area (TPSA) is 74.2 Å². The van der Waals surface area contributed by atoms with Gasteiger partial charge in [0.1, 0.15) is 5.75 Å². The van der Waals surface area contributed by atoms with Crippen LogP contribution >= 0.6 is 23.4 Å². The van der Waals surface area contributed by atoms with Crippen LogP contribution in [0.1, 0.15) is 11.8 Å². The van der Waals surface area contributed by atoms with Crippen LogP contribution in [0.25, 0.3) is 11.3 Å². The van der Waals surface area contributed by atoms with Gasteiger partial charge in [-0.1, -0.05) is 53.7 Å². The van der Waals surface area contributed by atoms with Crippen LogP contribution in [0.15, 0.2) is 74.9 Å². The van der Waals surface area contributed by atoms with Crippen molar-refractivity contribution in [1.82, 2.24) is 15.2 Å². The molecule has 0 aliphatic carbocycles. The summed E-state index contributed by atoms with van der Waals surface area (Å²) < 4.78 is 16.9. The summed E-state index contributed by atoms with van der Waals surface area (Å²) in [5.74, 6) is 2.89. The Balaban J connectivity index is 1.31. The van der Waals surface area contributed by atoms with E-state index < -0.39 is 0 Å². The molecule has 0 bridgehead atoms. The van der Waals surface area contributed by atoms with Crippen molar-refractivity contribution in [2.24, 2.45) is 0 Å². The fourth-order valence-electron chi connectivity index (χ4n) is 2.27. The van der Waals surface area contributed by atoms with E-state index in [1.54, 1.807) is 30.5 Å². The number of oxazole rings is 1. The molecule has 4 rings (SSSR count). The Morgan fingerprint density at radius 2 is 1.74 bits per heavy atom. The van der Waals surface area contributed by atoms with Crippen molar-refractivity contribution < 1.29 is 13.6 Å². The van der Waals surface area contributed by atoms with Crippen LogP contribution in [-0.2, 0) is 12.4 Å². The lowest BCUT2D eigenvalue weighted by Crippen LogP contribution is -1.95. The van der Waals surface area contributed by atoms with Gasteiger partial charge in [-0.2, -0.15) is 0 Å². The molecule has 0 atom stereocenters. The van der Waals surface area contributed by atoms with Gasteiger partial charge in [0.25, 0.3) is 11.1 Å². The van der Waals surface area contributed by atoms with Crippen LogP contribution in [-0.4, -0.2) is 15.2 Å². The largest absolute Gasteiger partial charge is 0.484 e. The van der Waals surface area contributed by atoms with Crippen molar-refractivity contribution in [3.63, 3.8) is 0 Å². The average Bonchev–Trinajstić information content (AvgIpc) is 3.36. The number of aromatic nitrogens is 3. The minimum atomic E-state index is 0.187. The third kappa shape index (κ3) is 4.69. The first kappa shape index (κ1) is 17.6. The Hall–Kier alpha value is -2.77. The lowest BCUT2D eigenvalue weighted by atomic mass is 10.2. The Kier molecular flexibility index (Phi) is 5.41. The quantitative estimate of drug-likeness (QED) is 0.393. The molecule has 8 heteroatoms. The van der Waals surface area contributed by atoms with E-state index in [2.05, 4.69) is 15.2 Å². The van der Waals surface area contributed by atoms with Crippen LogP contribution in [0.4, 0.5) is 0 Å². The predicted octanol–water partition coefficient (Wildman–Crippen LogP) is 5.25. The highest BCUT2D eigenvalue weighted by Gasteiger charge is 2.11. The third-order valence-corrected chi connectivity index (χ3v) is 4.61. The molecule has 0 saturated heterocycles. The zero-order valence-electron chi connectivity index (χ0n) is 14.0. The number of halogens is 1. The molecule has 0 spiro atoms. The molecule has 0 amide bonds. The van der Waals surface area contributed by atoms with Gasteiger partial charge in [-0.15, -0.1) is 10.2 Å². The van der Waals surface area contributed by atoms with E-state index in [9.17, 15) is 0 Å². The minimum absolute atomic E-state index is 0.187. The Morgan fingerprint density at radius 1 is 0.926 bits per heavy atom. The van der Waals surface area contributed by atoms with Gasteiger partial charge in [-0.25, -0.2) is 4.98 Å². The molecule has 0 aliphatic rings. The number of rotatable bonds is 7. The summed E-state index contributed by atoms with van der Waals surface area (Å²) >= 11 is 7.20. The van der Waals surface area contributed by atoms with Gasteiger partial charge in [0, 0.05) is 10.6 Å². The van der Waals surface area contributed by atoms with Crippen LogP contribution in [0.3, 0.4) is 0 Å². The van der Waals surface area contributed by atoms with Crippen LogP contribution < -0.4 is 4.74 Å². The number of hydrogen-bond acceptors (Lipinski definition) is 7. The highest BCUT2D eigenvalue weighted by atomic mass is 35.5. The van der Waals surface area contributed by atoms with E-state index in [-0.39, 0.29) is 6.61 Å². The van der Waals surface area contributed by atoms with Gasteiger partial charge in [-0.05, 0) is 24.3 Å². The standard InChI is InChI=1S/C19H14ClN3O3S/c20-14-6-8-15(9-7-14)24-11-17-22-23-19(26-17)27-12-18-21-10-16(25-18)13-4-2-1-3-5-13/h1-10H,11-12H2. The molecule has 2 heterocycles. The first-order chi connectivity index (χ1) is 13.3. The first-order valence-electron chi connectivity index (χ1n) is 8.10. The molecule has 2 aromatic carbocycles. The summed E-state index contributed by atoms with van der Waals surface area (Å²) in [6, 6.07) is 16.9. The van der Waals surface area contributed by atoms with E-state index in [1.165, 1.54) is 11.8 Å². The Morgan fingerprint density at radius 3 is 2.56 bits per heavy atom. The average molecular weight is 400 g/mol. The van der Waals surface area contributed by atoms with Crippen molar-refractivity contribution in [2.45, 2.75) is 17.6 Å². The summed E-state index contributed by atoms with van der Waals surface area (Å²) in [6.45, 7) is 0.187. The van der Waals surface area contributed by atoms with E-state index in [1.807, 2.05) is 30.3 Å². The Bertz CT molecular complexity index is 1000. The number of ether oxygens (including phenoxy) is 1. The molecule has 0 fully saturated rings. The molecule has 4 aromatic rings. The number of thioether (sulfide) groups is 1. The van der Waals surface area contributed by atoms with E-state index >= 15 is 0 Å². The molecular weight excluding hydrogens is 386 g/mol. The summed E-state index contributed by atoms with van der Waals surface area (Å²) in [5, 5.41) is 9.06. The van der Waals surface area contributed by atoms with E-state index in [0.717, 1.165) is 11.3 Å². The Labute approximate surface area is 164 Å². The summed E-state index contributed by atoms with van der Waals surface area (Å²) in [7, 11) is 0. The van der Waals surface area contributed by atoms with Crippen molar-refractivity contribution in [3.05, 3.63) is 77.6 Å². The highest BCUT2D eigenvalue weighted by molar-refractivity contribution is 7.98. The van der Waals surface area contributed by atoms with Gasteiger partial charge >= 0.3 is 0 Å². The predicted molar refractivity (Wildman–Crippen MR) is 102 cm³/mol.